The van der Waals surface area contributed by atoms with E-state index in [1.54, 1.807) is 0 Å². The van der Waals surface area contributed by atoms with Gasteiger partial charge in [0.05, 0.1) is 24.9 Å². The van der Waals surface area contributed by atoms with Gasteiger partial charge in [0.25, 0.3) is 0 Å². The van der Waals surface area contributed by atoms with E-state index >= 15 is 0 Å². The highest BCUT2D eigenvalue weighted by Crippen LogP contribution is 2.44. The summed E-state index contributed by atoms with van der Waals surface area (Å²) in [6, 6.07) is 6.79. The van der Waals surface area contributed by atoms with Crippen molar-refractivity contribution in [2.24, 2.45) is 5.41 Å². The number of benzene rings is 1. The van der Waals surface area contributed by atoms with Crippen LogP contribution in [0.1, 0.15) is 74.6 Å². The molecule has 2 unspecified atom stereocenters. The first-order valence-corrected chi connectivity index (χ1v) is 13.0. The van der Waals surface area contributed by atoms with Gasteiger partial charge in [0, 0.05) is 43.3 Å². The van der Waals surface area contributed by atoms with Crippen LogP contribution in [0.3, 0.4) is 0 Å². The van der Waals surface area contributed by atoms with Crippen LogP contribution in [0.2, 0.25) is 0 Å². The Balaban J connectivity index is 0.000000325. The van der Waals surface area contributed by atoms with Crippen LogP contribution in [0, 0.1) is 5.41 Å². The molecule has 2 saturated heterocycles. The number of nitrogens with two attached hydrogens (primary N) is 1. The molecule has 0 saturated carbocycles. The van der Waals surface area contributed by atoms with Crippen molar-refractivity contribution in [1.29, 1.82) is 0 Å². The Morgan fingerprint density at radius 3 is 2.58 bits per heavy atom. The number of ether oxygens (including phenoxy) is 2. The van der Waals surface area contributed by atoms with Crippen molar-refractivity contribution in [3.05, 3.63) is 53.6 Å². The molecule has 3 heterocycles. The lowest BCUT2D eigenvalue weighted by Gasteiger charge is -2.50. The van der Waals surface area contributed by atoms with Gasteiger partial charge in [-0.3, -0.25) is 4.90 Å². The van der Waals surface area contributed by atoms with Crippen molar-refractivity contribution in [3.8, 4) is 0 Å². The average molecular weight is 497 g/mol. The minimum Gasteiger partial charge on any atom is -0.475 e. The minimum atomic E-state index is -1.03. The number of carboxylic acids is 1. The highest BCUT2D eigenvalue weighted by molar-refractivity contribution is 5.82. The third-order valence-corrected chi connectivity index (χ3v) is 7.77. The summed E-state index contributed by atoms with van der Waals surface area (Å²) in [6.07, 6.45) is 11.1. The number of allylic oxidation sites excluding steroid dienone is 2. The summed E-state index contributed by atoms with van der Waals surface area (Å²) >= 11 is 0. The van der Waals surface area contributed by atoms with Crippen LogP contribution in [-0.2, 0) is 15.0 Å². The van der Waals surface area contributed by atoms with Crippen LogP contribution in [0.4, 0.5) is 5.69 Å². The van der Waals surface area contributed by atoms with Gasteiger partial charge >= 0.3 is 5.97 Å². The molecular weight excluding hydrogens is 456 g/mol. The Morgan fingerprint density at radius 1 is 1.22 bits per heavy atom. The Labute approximate surface area is 213 Å². The van der Waals surface area contributed by atoms with Crippen molar-refractivity contribution >= 4 is 17.2 Å². The van der Waals surface area contributed by atoms with E-state index in [0.29, 0.717) is 5.41 Å². The monoisotopic (exact) mass is 496 g/mol. The third-order valence-electron chi connectivity index (χ3n) is 7.77. The lowest BCUT2D eigenvalue weighted by Crippen LogP contribution is -2.55. The summed E-state index contributed by atoms with van der Waals surface area (Å²) in [5.41, 5.74) is 11.9. The fraction of sp³-hybridized carbons (Fsp3) is 0.571. The van der Waals surface area contributed by atoms with E-state index in [1.165, 1.54) is 35.5 Å². The highest BCUT2D eigenvalue weighted by Gasteiger charge is 2.43. The van der Waals surface area contributed by atoms with Crippen molar-refractivity contribution in [2.75, 3.05) is 38.6 Å². The zero-order valence-electron chi connectivity index (χ0n) is 21.8. The zero-order chi connectivity index (χ0) is 25.8. The first-order chi connectivity index (χ1) is 17.2. The van der Waals surface area contributed by atoms with E-state index in [0.717, 1.165) is 64.3 Å². The van der Waals surface area contributed by atoms with Gasteiger partial charge in [0.2, 0.25) is 5.82 Å². The zero-order valence-corrected chi connectivity index (χ0v) is 21.8. The van der Waals surface area contributed by atoms with Crippen LogP contribution in [0.15, 0.2) is 36.7 Å². The number of hydrogen-bond acceptors (Lipinski definition) is 6. The number of nitrogens with zero attached hydrogens (tertiary/aromatic N) is 2. The number of morpholine rings is 1. The number of carbonyl (C=O) groups is 1. The molecule has 0 radical (unpaired) electrons. The predicted octanol–water partition coefficient (Wildman–Crippen LogP) is 4.70. The van der Waals surface area contributed by atoms with E-state index < -0.39 is 5.97 Å². The van der Waals surface area contributed by atoms with Crippen molar-refractivity contribution in [2.45, 2.75) is 64.5 Å². The Morgan fingerprint density at radius 2 is 2.00 bits per heavy atom. The standard InChI is InChI=1S/C24H36N2O2.C4H4N2O2/c1-18-17-24(10-13-28-18,26-11-14-27-15-12-26)20-4-5-22(25)21(16-20)19-6-8-23(2,3)9-7-19;7-4(8)3-5-1-2-6-3/h4-6,16,18H,7-15,17,25H2,1-3H3;1-2H,(H,5,6)(H,7,8). The summed E-state index contributed by atoms with van der Waals surface area (Å²) < 4.78 is 11.6. The number of rotatable bonds is 4. The third kappa shape index (κ3) is 5.99. The molecule has 8 heteroatoms. The highest BCUT2D eigenvalue weighted by atomic mass is 16.5. The molecule has 3 aliphatic rings. The number of anilines is 1. The molecule has 5 rings (SSSR count). The van der Waals surface area contributed by atoms with Gasteiger partial charge in [-0.15, -0.1) is 0 Å². The Hall–Kier alpha value is -2.68. The average Bonchev–Trinajstić information content (AvgIpc) is 3.41. The van der Waals surface area contributed by atoms with Gasteiger partial charge in [-0.2, -0.15) is 0 Å². The number of carboxylic acid groups (broad SMARTS) is 1. The number of nitrogen functional groups attached to an aromatic ring is 1. The first kappa shape index (κ1) is 26.4. The lowest BCUT2D eigenvalue weighted by atomic mass is 9.75. The van der Waals surface area contributed by atoms with E-state index in [4.69, 9.17) is 20.3 Å². The molecule has 0 bridgehead atoms. The number of aromatic carboxylic acids is 1. The van der Waals surface area contributed by atoms with E-state index in [2.05, 4.69) is 59.9 Å². The second-order valence-electron chi connectivity index (χ2n) is 10.9. The van der Waals surface area contributed by atoms with Crippen LogP contribution in [-0.4, -0.2) is 65.0 Å². The van der Waals surface area contributed by atoms with E-state index in [9.17, 15) is 4.79 Å². The van der Waals surface area contributed by atoms with Gasteiger partial charge in [0.1, 0.15) is 0 Å². The molecule has 2 aliphatic heterocycles. The molecule has 0 spiro atoms. The molecule has 36 heavy (non-hydrogen) atoms. The quantitative estimate of drug-likeness (QED) is 0.526. The summed E-state index contributed by atoms with van der Waals surface area (Å²) in [4.78, 5) is 18.5. The second-order valence-corrected chi connectivity index (χ2v) is 10.9. The van der Waals surface area contributed by atoms with Gasteiger partial charge in [-0.1, -0.05) is 26.0 Å². The summed E-state index contributed by atoms with van der Waals surface area (Å²) in [5, 5.41) is 8.18. The van der Waals surface area contributed by atoms with Crippen LogP contribution in [0.25, 0.3) is 5.57 Å². The maximum Gasteiger partial charge on any atom is 0.371 e. The van der Waals surface area contributed by atoms with E-state index in [1.807, 2.05) is 0 Å². The van der Waals surface area contributed by atoms with Gasteiger partial charge in [-0.05, 0) is 67.7 Å². The number of hydrogen-bond donors (Lipinski definition) is 3. The first-order valence-electron chi connectivity index (χ1n) is 13.0. The lowest BCUT2D eigenvalue weighted by molar-refractivity contribution is -0.0988. The maximum absolute atomic E-state index is 9.97. The maximum atomic E-state index is 9.97. The molecule has 4 N–H and O–H groups in total. The molecular formula is C28H40N4O4. The minimum absolute atomic E-state index is 0.0231. The van der Waals surface area contributed by atoms with Crippen molar-refractivity contribution in [3.63, 3.8) is 0 Å². The van der Waals surface area contributed by atoms with Gasteiger partial charge in [-0.25, -0.2) is 9.78 Å². The molecule has 1 aromatic heterocycles. The smallest absolute Gasteiger partial charge is 0.371 e. The largest absolute Gasteiger partial charge is 0.475 e. The predicted molar refractivity (Wildman–Crippen MR) is 141 cm³/mol. The number of nitrogens with one attached hydrogen (secondary N) is 1. The van der Waals surface area contributed by atoms with E-state index in [-0.39, 0.29) is 17.5 Å². The number of H-pyrrole nitrogens is 1. The molecule has 2 atom stereocenters. The SMILES string of the molecule is CC1CC(c2ccc(N)c(C3=CCC(C)(C)CC3)c2)(N2CCOCC2)CCO1.O=C(O)c1ncc[nH]1. The van der Waals surface area contributed by atoms with Crippen LogP contribution in [0.5, 0.6) is 0 Å². The molecule has 1 aliphatic carbocycles. The topological polar surface area (TPSA) is 114 Å². The van der Waals surface area contributed by atoms with Gasteiger partial charge < -0.3 is 25.3 Å². The number of aromatic nitrogens is 2. The summed E-state index contributed by atoms with van der Waals surface area (Å²) in [6.45, 7) is 11.4. The van der Waals surface area contributed by atoms with Crippen molar-refractivity contribution < 1.29 is 19.4 Å². The fourth-order valence-corrected chi connectivity index (χ4v) is 5.62. The van der Waals surface area contributed by atoms with Gasteiger partial charge in [0.15, 0.2) is 0 Å². The number of imidazole rings is 1. The molecule has 196 valence electrons. The molecule has 8 nitrogen and oxygen atoms in total. The normalized spacial score (nSPS) is 26.4. The molecule has 2 aromatic rings. The summed E-state index contributed by atoms with van der Waals surface area (Å²) in [5.74, 6) is -1.06. The fourth-order valence-electron chi connectivity index (χ4n) is 5.62. The number of aromatic amines is 1. The Kier molecular flexibility index (Phi) is 8.17. The Bertz CT molecular complexity index is 1060. The second kappa shape index (κ2) is 11.2. The molecule has 2 fully saturated rings. The molecule has 0 amide bonds. The van der Waals surface area contributed by atoms with Crippen LogP contribution >= 0.6 is 0 Å². The molecule has 1 aromatic carbocycles. The van der Waals surface area contributed by atoms with Crippen LogP contribution < -0.4 is 5.73 Å². The van der Waals surface area contributed by atoms with Crippen molar-refractivity contribution in [1.82, 2.24) is 14.9 Å². The summed E-state index contributed by atoms with van der Waals surface area (Å²) in [7, 11) is 0.